The fraction of sp³-hybridized carbons (Fsp3) is 0.400. The number of hydrogen-bond donors (Lipinski definition) is 3. The van der Waals surface area contributed by atoms with Crippen LogP contribution in [0.1, 0.15) is 80.5 Å². The lowest BCUT2D eigenvalue weighted by Crippen LogP contribution is -2.42. The second-order valence-corrected chi connectivity index (χ2v) is 18.2. The largest absolute Gasteiger partial charge is 0.480 e. The number of rotatable bonds is 13. The number of nitrogens with one attached hydrogen (secondary N) is 1. The van der Waals surface area contributed by atoms with Crippen molar-refractivity contribution in [3.8, 4) is 11.4 Å². The molecule has 2 aromatic heterocycles. The van der Waals surface area contributed by atoms with Crippen LogP contribution in [0.25, 0.3) is 22.1 Å². The Balaban J connectivity index is 1.18. The van der Waals surface area contributed by atoms with Crippen molar-refractivity contribution in [3.63, 3.8) is 0 Å². The van der Waals surface area contributed by atoms with E-state index in [1.54, 1.807) is 43.5 Å². The summed E-state index contributed by atoms with van der Waals surface area (Å²) in [5.74, 6) is -4.23. The second kappa shape index (κ2) is 14.9. The molecule has 0 bridgehead atoms. The van der Waals surface area contributed by atoms with Crippen molar-refractivity contribution >= 4 is 52.1 Å². The van der Waals surface area contributed by atoms with E-state index < -0.39 is 45.9 Å². The minimum atomic E-state index is -4.89. The van der Waals surface area contributed by atoms with Crippen molar-refractivity contribution < 1.29 is 37.8 Å². The van der Waals surface area contributed by atoms with Crippen LogP contribution in [0.15, 0.2) is 71.2 Å². The number of amides is 1. The lowest BCUT2D eigenvalue weighted by molar-refractivity contribution is -0.146. The Hall–Kier alpha value is -4.83. The summed E-state index contributed by atoms with van der Waals surface area (Å²) in [7, 11) is 0. The van der Waals surface area contributed by atoms with Crippen molar-refractivity contribution in [2.45, 2.75) is 98.1 Å². The van der Waals surface area contributed by atoms with Gasteiger partial charge in [-0.3, -0.25) is 23.5 Å². The van der Waals surface area contributed by atoms with Gasteiger partial charge in [0.15, 0.2) is 10.3 Å². The highest BCUT2D eigenvalue weighted by Gasteiger charge is 2.48. The van der Waals surface area contributed by atoms with Gasteiger partial charge in [0.25, 0.3) is 0 Å². The molecule has 0 saturated heterocycles. The third-order valence-corrected chi connectivity index (χ3v) is 13.1. The Bertz CT molecular complexity index is 2360. The number of nitrogens with zero attached hydrogens (tertiary/aromatic N) is 5. The average molecular weight is 807 g/mol. The second-order valence-electron chi connectivity index (χ2n) is 15.1. The zero-order chi connectivity index (χ0) is 40.2. The zero-order valence-corrected chi connectivity index (χ0v) is 32.8. The maximum absolute atomic E-state index is 14.5. The monoisotopic (exact) mass is 806 g/mol. The molecule has 1 fully saturated rings. The molecule has 294 valence electrons. The van der Waals surface area contributed by atoms with Crippen molar-refractivity contribution in [2.24, 2.45) is 5.92 Å². The lowest BCUT2D eigenvalue weighted by atomic mass is 9.87. The van der Waals surface area contributed by atoms with Gasteiger partial charge in [-0.25, -0.2) is 4.98 Å². The van der Waals surface area contributed by atoms with E-state index >= 15 is 0 Å². The Labute approximate surface area is 329 Å². The van der Waals surface area contributed by atoms with E-state index in [4.69, 9.17) is 5.11 Å². The molecule has 3 unspecified atom stereocenters. The molecular formula is C40H41F3N6O5S2. The average Bonchev–Trinajstić information content (AvgIpc) is 3.51. The zero-order valence-electron chi connectivity index (χ0n) is 31.2. The molecule has 1 amide bonds. The SMILES string of the molecule is Cc1ccc(-n2ccnc2SC(C)(CC2CC2c2ccc(-n3c(SC(C)(C)C(=O)NCC(=O)O)nnc3C(F)(F)F)c3ccccc23)C(=O)O)c2c1CCCC2. The predicted molar refractivity (Wildman–Crippen MR) is 207 cm³/mol. The van der Waals surface area contributed by atoms with Gasteiger partial charge in [-0.15, -0.1) is 10.2 Å². The third-order valence-electron chi connectivity index (χ3n) is 10.7. The Morgan fingerprint density at radius 2 is 1.59 bits per heavy atom. The van der Waals surface area contributed by atoms with Crippen LogP contribution >= 0.6 is 23.5 Å². The van der Waals surface area contributed by atoms with Crippen LogP contribution in [-0.4, -0.2) is 68.4 Å². The van der Waals surface area contributed by atoms with Crippen LogP contribution < -0.4 is 5.32 Å². The molecule has 3 atom stereocenters. The number of thioether (sulfide) groups is 2. The van der Waals surface area contributed by atoms with E-state index in [9.17, 15) is 32.7 Å². The first kappa shape index (κ1) is 39.4. The van der Waals surface area contributed by atoms with Crippen molar-refractivity contribution in [2.75, 3.05) is 6.54 Å². The molecule has 3 aromatic carbocycles. The van der Waals surface area contributed by atoms with Gasteiger partial charge in [0, 0.05) is 17.8 Å². The van der Waals surface area contributed by atoms with Crippen LogP contribution in [0.2, 0.25) is 0 Å². The molecule has 0 aliphatic heterocycles. The third kappa shape index (κ3) is 7.64. The number of alkyl halides is 3. The Kier molecular flexibility index (Phi) is 10.5. The maximum Gasteiger partial charge on any atom is 0.452 e. The first-order valence-corrected chi connectivity index (χ1v) is 19.9. The van der Waals surface area contributed by atoms with E-state index in [0.29, 0.717) is 28.8 Å². The van der Waals surface area contributed by atoms with Crippen LogP contribution in [0.5, 0.6) is 0 Å². The number of carbonyl (C=O) groups is 3. The first-order valence-electron chi connectivity index (χ1n) is 18.3. The number of benzene rings is 3. The molecule has 2 aliphatic rings. The fourth-order valence-corrected chi connectivity index (χ4v) is 9.87. The number of fused-ring (bicyclic) bond motifs is 2. The molecule has 2 heterocycles. The topological polar surface area (TPSA) is 152 Å². The van der Waals surface area contributed by atoms with Gasteiger partial charge in [-0.2, -0.15) is 13.2 Å². The highest BCUT2D eigenvalue weighted by Crippen LogP contribution is 2.56. The van der Waals surface area contributed by atoms with E-state index in [-0.39, 0.29) is 22.7 Å². The molecule has 0 radical (unpaired) electrons. The van der Waals surface area contributed by atoms with Crippen LogP contribution in [0.3, 0.4) is 0 Å². The lowest BCUT2D eigenvalue weighted by Gasteiger charge is -2.26. The summed E-state index contributed by atoms with van der Waals surface area (Å²) >= 11 is 1.97. The number of carboxylic acid groups (broad SMARTS) is 2. The molecule has 0 spiro atoms. The summed E-state index contributed by atoms with van der Waals surface area (Å²) in [6.45, 7) is 6.13. The van der Waals surface area contributed by atoms with E-state index in [2.05, 4.69) is 39.6 Å². The minimum absolute atomic E-state index is 0.00900. The summed E-state index contributed by atoms with van der Waals surface area (Å²) in [6.07, 6.45) is 3.96. The number of hydrogen-bond acceptors (Lipinski definition) is 8. The smallest absolute Gasteiger partial charge is 0.452 e. The van der Waals surface area contributed by atoms with Gasteiger partial charge in [-0.1, -0.05) is 59.9 Å². The van der Waals surface area contributed by atoms with Crippen molar-refractivity contribution in [3.05, 3.63) is 89.0 Å². The van der Waals surface area contributed by atoms with E-state index in [0.717, 1.165) is 53.3 Å². The predicted octanol–water partition coefficient (Wildman–Crippen LogP) is 8.01. The van der Waals surface area contributed by atoms with Gasteiger partial charge in [0.05, 0.1) is 16.1 Å². The number of aromatic nitrogens is 5. The van der Waals surface area contributed by atoms with Crippen LogP contribution in [-0.2, 0) is 33.4 Å². The summed E-state index contributed by atoms with van der Waals surface area (Å²) in [5.41, 5.74) is 5.98. The fourth-order valence-electron chi connectivity index (χ4n) is 7.74. The van der Waals surface area contributed by atoms with Crippen molar-refractivity contribution in [1.82, 2.24) is 29.6 Å². The van der Waals surface area contributed by atoms with Gasteiger partial charge >= 0.3 is 18.1 Å². The quantitative estimate of drug-likeness (QED) is 0.0998. The first-order chi connectivity index (χ1) is 26.5. The highest BCUT2D eigenvalue weighted by atomic mass is 32.2. The normalized spacial score (nSPS) is 18.0. The van der Waals surface area contributed by atoms with Crippen LogP contribution in [0.4, 0.5) is 13.2 Å². The number of halogens is 3. The maximum atomic E-state index is 14.5. The van der Waals surface area contributed by atoms with Crippen LogP contribution in [0, 0.1) is 12.8 Å². The van der Waals surface area contributed by atoms with Gasteiger partial charge in [0.1, 0.15) is 11.3 Å². The number of aryl methyl sites for hydroxylation is 1. The van der Waals surface area contributed by atoms with E-state index in [1.807, 2.05) is 16.8 Å². The molecular weight excluding hydrogens is 766 g/mol. The minimum Gasteiger partial charge on any atom is -0.480 e. The molecule has 1 saturated carbocycles. The molecule has 5 aromatic rings. The summed E-state index contributed by atoms with van der Waals surface area (Å²) in [6, 6.07) is 14.6. The summed E-state index contributed by atoms with van der Waals surface area (Å²) in [4.78, 5) is 41.5. The summed E-state index contributed by atoms with van der Waals surface area (Å²) in [5, 5.41) is 30.8. The Morgan fingerprint density at radius 3 is 2.29 bits per heavy atom. The number of carbonyl (C=O) groups excluding carboxylic acids is 1. The Morgan fingerprint density at radius 1 is 0.893 bits per heavy atom. The van der Waals surface area contributed by atoms with Crippen molar-refractivity contribution in [1.29, 1.82) is 0 Å². The van der Waals surface area contributed by atoms with Gasteiger partial charge in [-0.05, 0) is 118 Å². The number of aliphatic carboxylic acids is 2. The molecule has 16 heteroatoms. The summed E-state index contributed by atoms with van der Waals surface area (Å²) < 4.78 is 43.6. The molecule has 3 N–H and O–H groups in total. The molecule has 2 aliphatic carbocycles. The molecule has 56 heavy (non-hydrogen) atoms. The number of imidazole rings is 1. The van der Waals surface area contributed by atoms with Gasteiger partial charge < -0.3 is 15.5 Å². The molecule has 7 rings (SSSR count). The van der Waals surface area contributed by atoms with Gasteiger partial charge in [0.2, 0.25) is 11.7 Å². The standard InChI is InChI=1S/C40H41F3N6O5S2/c1-22-13-15-30(27-11-7-5-9-24(22)27)48-18-17-44-36(48)56-39(4,35(53)54)20-23-19-29(23)26-14-16-31(28-12-8-6-10-25(26)28)49-33(40(41,42)43)46-47-37(49)55-38(2,3)34(52)45-21-32(50)51/h6,8,10,12-18,23,29H,5,7,9,11,19-21H2,1-4H3,(H,45,52)(H,50,51)(H,53,54). The van der Waals surface area contributed by atoms with E-state index in [1.165, 1.54) is 42.3 Å². The molecule has 11 nitrogen and oxygen atoms in total. The highest BCUT2D eigenvalue weighted by molar-refractivity contribution is 8.01. The number of carboxylic acids is 2.